The lowest BCUT2D eigenvalue weighted by Crippen LogP contribution is -2.47. The van der Waals surface area contributed by atoms with Crippen LogP contribution < -0.4 is 5.32 Å². The van der Waals surface area contributed by atoms with Gasteiger partial charge in [-0.1, -0.05) is 59.1 Å². The Labute approximate surface area is 180 Å². The summed E-state index contributed by atoms with van der Waals surface area (Å²) in [7, 11) is 1.55. The molecule has 4 nitrogen and oxygen atoms in total. The minimum absolute atomic E-state index is 0.135. The van der Waals surface area contributed by atoms with Crippen LogP contribution in [0.2, 0.25) is 10.0 Å². The Balaban J connectivity index is 2.10. The van der Waals surface area contributed by atoms with Crippen molar-refractivity contribution in [2.75, 3.05) is 12.8 Å². The summed E-state index contributed by atoms with van der Waals surface area (Å²) < 4.78 is 0. The fourth-order valence-corrected chi connectivity index (χ4v) is 4.06. The van der Waals surface area contributed by atoms with E-state index in [1.165, 1.54) is 22.2 Å². The average molecular weight is 439 g/mol. The first-order valence-corrected chi connectivity index (χ1v) is 10.8. The number of amides is 2. The molecule has 0 heterocycles. The normalized spacial score (nSPS) is 11.8. The van der Waals surface area contributed by atoms with Gasteiger partial charge in [0, 0.05) is 35.0 Å². The summed E-state index contributed by atoms with van der Waals surface area (Å²) >= 11 is 14.0. The number of carbonyl (C=O) groups excluding carboxylic acids is 2. The Morgan fingerprint density at radius 1 is 1.11 bits per heavy atom. The van der Waals surface area contributed by atoms with Crippen molar-refractivity contribution in [1.29, 1.82) is 0 Å². The highest BCUT2D eigenvalue weighted by Crippen LogP contribution is 2.27. The summed E-state index contributed by atoms with van der Waals surface area (Å²) in [5.74, 6) is 0.613. The number of rotatable bonds is 8. The molecule has 1 atom stereocenters. The van der Waals surface area contributed by atoms with Crippen LogP contribution in [-0.4, -0.2) is 35.6 Å². The Bertz CT molecular complexity index is 807. The van der Waals surface area contributed by atoms with Crippen LogP contribution in [0.25, 0.3) is 0 Å². The smallest absolute Gasteiger partial charge is 0.242 e. The van der Waals surface area contributed by atoms with Crippen molar-refractivity contribution in [2.45, 2.75) is 32.2 Å². The number of nitrogens with one attached hydrogen (secondary N) is 1. The fourth-order valence-electron chi connectivity index (χ4n) is 2.67. The maximum Gasteiger partial charge on any atom is 0.242 e. The summed E-state index contributed by atoms with van der Waals surface area (Å²) in [4.78, 5) is 26.6. The zero-order valence-corrected chi connectivity index (χ0v) is 18.5. The zero-order valence-electron chi connectivity index (χ0n) is 16.2. The average Bonchev–Trinajstić information content (AvgIpc) is 2.68. The Morgan fingerprint density at radius 2 is 1.71 bits per heavy atom. The zero-order chi connectivity index (χ0) is 20.7. The molecule has 2 amide bonds. The summed E-state index contributed by atoms with van der Waals surface area (Å²) in [6.07, 6.45) is 0. The molecule has 1 N–H and O–H groups in total. The number of carbonyl (C=O) groups is 2. The van der Waals surface area contributed by atoms with Gasteiger partial charge in [-0.15, -0.1) is 11.8 Å². The van der Waals surface area contributed by atoms with Gasteiger partial charge >= 0.3 is 0 Å². The van der Waals surface area contributed by atoms with Crippen molar-refractivity contribution in [3.63, 3.8) is 0 Å². The second-order valence-electron chi connectivity index (χ2n) is 6.49. The van der Waals surface area contributed by atoms with Crippen LogP contribution in [0.1, 0.15) is 23.6 Å². The first kappa shape index (κ1) is 22.6. The van der Waals surface area contributed by atoms with E-state index in [-0.39, 0.29) is 24.1 Å². The highest BCUT2D eigenvalue weighted by atomic mass is 35.5. The first-order valence-electron chi connectivity index (χ1n) is 8.90. The Kier molecular flexibility index (Phi) is 8.67. The van der Waals surface area contributed by atoms with Gasteiger partial charge in [0.25, 0.3) is 0 Å². The lowest BCUT2D eigenvalue weighted by Gasteiger charge is -2.29. The Hall–Kier alpha value is -1.69. The van der Waals surface area contributed by atoms with E-state index in [0.717, 1.165) is 11.3 Å². The molecule has 28 heavy (non-hydrogen) atoms. The molecule has 0 bridgehead atoms. The van der Waals surface area contributed by atoms with E-state index < -0.39 is 6.04 Å². The molecule has 0 aromatic heterocycles. The summed E-state index contributed by atoms with van der Waals surface area (Å²) in [6, 6.07) is 12.8. The van der Waals surface area contributed by atoms with E-state index in [9.17, 15) is 9.59 Å². The van der Waals surface area contributed by atoms with E-state index in [4.69, 9.17) is 23.2 Å². The molecule has 0 saturated heterocycles. The molecule has 0 spiro atoms. The van der Waals surface area contributed by atoms with Gasteiger partial charge in [0.05, 0.1) is 5.75 Å². The minimum Gasteiger partial charge on any atom is -0.357 e. The highest BCUT2D eigenvalue weighted by Gasteiger charge is 2.26. The molecule has 0 saturated carbocycles. The quantitative estimate of drug-likeness (QED) is 0.649. The SMILES string of the molecule is CNC(=O)C(C)N(Cc1c(Cl)cccc1Cl)C(=O)CSCc1ccc(C)cc1. The standard InChI is InChI=1S/C21H24Cl2N2O2S/c1-14-7-9-16(10-8-14)12-28-13-20(26)25(15(2)21(27)24-3)11-17-18(22)5-4-6-19(17)23/h4-10,15H,11-13H2,1-3H3,(H,24,27). The number of thioether (sulfide) groups is 1. The number of hydrogen-bond acceptors (Lipinski definition) is 3. The second kappa shape index (κ2) is 10.7. The lowest BCUT2D eigenvalue weighted by molar-refractivity contribution is -0.138. The molecule has 2 aromatic rings. The van der Waals surface area contributed by atoms with Crippen molar-refractivity contribution in [1.82, 2.24) is 10.2 Å². The minimum atomic E-state index is -0.634. The van der Waals surface area contributed by atoms with Crippen molar-refractivity contribution < 1.29 is 9.59 Å². The maximum absolute atomic E-state index is 12.9. The van der Waals surface area contributed by atoms with Gasteiger partial charge in [-0.2, -0.15) is 0 Å². The molecule has 2 rings (SSSR count). The summed E-state index contributed by atoms with van der Waals surface area (Å²) in [5, 5.41) is 3.54. The van der Waals surface area contributed by atoms with Gasteiger partial charge in [-0.25, -0.2) is 0 Å². The summed E-state index contributed by atoms with van der Waals surface area (Å²) in [5.41, 5.74) is 2.99. The van der Waals surface area contributed by atoms with Gasteiger partial charge in [0.15, 0.2) is 0 Å². The number of hydrogen-bond donors (Lipinski definition) is 1. The van der Waals surface area contributed by atoms with Crippen LogP contribution in [0.5, 0.6) is 0 Å². The number of likely N-dealkylation sites (N-methyl/N-ethyl adjacent to an activating group) is 1. The second-order valence-corrected chi connectivity index (χ2v) is 8.29. The predicted molar refractivity (Wildman–Crippen MR) is 118 cm³/mol. The van der Waals surface area contributed by atoms with Crippen molar-refractivity contribution in [2.24, 2.45) is 0 Å². The van der Waals surface area contributed by atoms with Crippen LogP contribution >= 0.6 is 35.0 Å². The van der Waals surface area contributed by atoms with E-state index in [1.54, 1.807) is 32.2 Å². The number of halogens is 2. The molecular weight excluding hydrogens is 415 g/mol. The van der Waals surface area contributed by atoms with E-state index >= 15 is 0 Å². The van der Waals surface area contributed by atoms with Gasteiger partial charge < -0.3 is 10.2 Å². The van der Waals surface area contributed by atoms with Gasteiger partial charge in [-0.3, -0.25) is 9.59 Å². The Morgan fingerprint density at radius 3 is 2.29 bits per heavy atom. The van der Waals surface area contributed by atoms with Crippen molar-refractivity contribution in [3.8, 4) is 0 Å². The first-order chi connectivity index (χ1) is 13.3. The molecule has 0 fully saturated rings. The van der Waals surface area contributed by atoms with Crippen molar-refractivity contribution >= 4 is 46.8 Å². The van der Waals surface area contributed by atoms with Gasteiger partial charge in [-0.05, 0) is 31.5 Å². The molecule has 0 aliphatic rings. The van der Waals surface area contributed by atoms with Gasteiger partial charge in [0.2, 0.25) is 11.8 Å². The predicted octanol–water partition coefficient (Wildman–Crippen LogP) is 4.70. The maximum atomic E-state index is 12.9. The van der Waals surface area contributed by atoms with Crippen LogP contribution in [0.15, 0.2) is 42.5 Å². The molecule has 0 aliphatic carbocycles. The monoisotopic (exact) mass is 438 g/mol. The van der Waals surface area contributed by atoms with Crippen molar-refractivity contribution in [3.05, 3.63) is 69.2 Å². The fraction of sp³-hybridized carbons (Fsp3) is 0.333. The van der Waals surface area contributed by atoms with Gasteiger partial charge in [0.1, 0.15) is 6.04 Å². The topological polar surface area (TPSA) is 49.4 Å². The molecule has 7 heteroatoms. The number of aryl methyl sites for hydroxylation is 1. The third kappa shape index (κ3) is 6.16. The van der Waals surface area contributed by atoms with E-state index in [0.29, 0.717) is 15.6 Å². The van der Waals surface area contributed by atoms with Crippen LogP contribution in [0, 0.1) is 6.92 Å². The molecular formula is C21H24Cl2N2O2S. The number of benzene rings is 2. The van der Waals surface area contributed by atoms with E-state index in [1.807, 2.05) is 6.92 Å². The summed E-state index contributed by atoms with van der Waals surface area (Å²) in [6.45, 7) is 3.92. The van der Waals surface area contributed by atoms with E-state index in [2.05, 4.69) is 29.6 Å². The highest BCUT2D eigenvalue weighted by molar-refractivity contribution is 7.99. The largest absolute Gasteiger partial charge is 0.357 e. The van der Waals surface area contributed by atoms with Crippen LogP contribution in [-0.2, 0) is 21.9 Å². The lowest BCUT2D eigenvalue weighted by atomic mass is 10.1. The molecule has 2 aromatic carbocycles. The molecule has 0 radical (unpaired) electrons. The molecule has 0 aliphatic heterocycles. The van der Waals surface area contributed by atoms with Crippen LogP contribution in [0.4, 0.5) is 0 Å². The number of nitrogens with zero attached hydrogens (tertiary/aromatic N) is 1. The molecule has 1 unspecified atom stereocenters. The third-order valence-electron chi connectivity index (χ3n) is 4.42. The van der Waals surface area contributed by atoms with Crippen LogP contribution in [0.3, 0.4) is 0 Å². The molecule has 150 valence electrons. The third-order valence-corrected chi connectivity index (χ3v) is 6.12.